The topological polar surface area (TPSA) is 60.4 Å². The number of ether oxygens (including phenoxy) is 3. The first-order chi connectivity index (χ1) is 14.6. The minimum absolute atomic E-state index is 0.0647. The maximum atomic E-state index is 13.1. The van der Waals surface area contributed by atoms with Crippen molar-refractivity contribution in [3.63, 3.8) is 0 Å². The Morgan fingerprint density at radius 1 is 1.13 bits per heavy atom. The third-order valence-electron chi connectivity index (χ3n) is 4.83. The van der Waals surface area contributed by atoms with Crippen molar-refractivity contribution in [2.75, 3.05) is 26.6 Å². The molecule has 1 fully saturated rings. The first-order valence-electron chi connectivity index (χ1n) is 10.0. The van der Waals surface area contributed by atoms with E-state index in [1.807, 2.05) is 54.3 Å². The van der Waals surface area contributed by atoms with Crippen molar-refractivity contribution in [3.8, 4) is 17.2 Å². The summed E-state index contributed by atoms with van der Waals surface area (Å²) in [5.74, 6) is 2.97. The molecule has 0 aromatic heterocycles. The van der Waals surface area contributed by atoms with Gasteiger partial charge in [-0.25, -0.2) is 4.99 Å². The van der Waals surface area contributed by atoms with E-state index in [-0.39, 0.29) is 11.9 Å². The maximum absolute atomic E-state index is 13.1. The summed E-state index contributed by atoms with van der Waals surface area (Å²) in [7, 11) is 3.22. The highest BCUT2D eigenvalue weighted by Gasteiger charge is 2.32. The van der Waals surface area contributed by atoms with Crippen LogP contribution in [0.3, 0.4) is 0 Å². The molecule has 0 bridgehead atoms. The van der Waals surface area contributed by atoms with Crippen LogP contribution in [0.5, 0.6) is 17.2 Å². The number of methoxy groups -OCH3 is 2. The second-order valence-corrected chi connectivity index (χ2v) is 7.90. The molecule has 6 nitrogen and oxygen atoms in total. The van der Waals surface area contributed by atoms with Gasteiger partial charge in [-0.05, 0) is 50.1 Å². The molecule has 0 aliphatic carbocycles. The van der Waals surface area contributed by atoms with Gasteiger partial charge in [-0.3, -0.25) is 9.69 Å². The molecular formula is C23H28N2O4S. The molecule has 0 spiro atoms. The average Bonchev–Trinajstić information content (AvgIpc) is 3.13. The Morgan fingerprint density at radius 2 is 1.90 bits per heavy atom. The Morgan fingerprint density at radius 3 is 2.63 bits per heavy atom. The van der Waals surface area contributed by atoms with Crippen molar-refractivity contribution >= 4 is 28.5 Å². The highest BCUT2D eigenvalue weighted by atomic mass is 32.2. The van der Waals surface area contributed by atoms with Crippen LogP contribution < -0.4 is 14.2 Å². The van der Waals surface area contributed by atoms with E-state index < -0.39 is 0 Å². The number of amidine groups is 1. The fourth-order valence-corrected chi connectivity index (χ4v) is 4.43. The van der Waals surface area contributed by atoms with Crippen molar-refractivity contribution < 1.29 is 19.0 Å². The number of benzene rings is 2. The number of hydrogen-bond donors (Lipinski definition) is 0. The Labute approximate surface area is 182 Å². The summed E-state index contributed by atoms with van der Waals surface area (Å²) in [6, 6.07) is 13.5. The van der Waals surface area contributed by atoms with Gasteiger partial charge >= 0.3 is 0 Å². The molecule has 1 unspecified atom stereocenters. The molecule has 2 aromatic rings. The molecule has 0 radical (unpaired) electrons. The number of rotatable bonds is 8. The van der Waals surface area contributed by atoms with Crippen LogP contribution in [0.2, 0.25) is 0 Å². The third kappa shape index (κ3) is 5.08. The first kappa shape index (κ1) is 22.0. The predicted molar refractivity (Wildman–Crippen MR) is 121 cm³/mol. The lowest BCUT2D eigenvalue weighted by Gasteiger charge is -2.21. The van der Waals surface area contributed by atoms with Crippen LogP contribution in [0.25, 0.3) is 0 Å². The lowest BCUT2D eigenvalue weighted by atomic mass is 10.1. The van der Waals surface area contributed by atoms with Crippen molar-refractivity contribution in [3.05, 3.63) is 48.0 Å². The van der Waals surface area contributed by atoms with Crippen LogP contribution >= 0.6 is 11.8 Å². The van der Waals surface area contributed by atoms with Crippen molar-refractivity contribution in [2.24, 2.45) is 4.99 Å². The van der Waals surface area contributed by atoms with Crippen LogP contribution in [0.15, 0.2) is 47.5 Å². The van der Waals surface area contributed by atoms with Crippen LogP contribution in [0.4, 0.5) is 5.69 Å². The third-order valence-corrected chi connectivity index (χ3v) is 6.02. The lowest BCUT2D eigenvalue weighted by molar-refractivity contribution is -0.128. The van der Waals surface area contributed by atoms with Gasteiger partial charge in [0.2, 0.25) is 5.91 Å². The Hall–Kier alpha value is -2.67. The highest BCUT2D eigenvalue weighted by Crippen LogP contribution is 2.33. The van der Waals surface area contributed by atoms with Gasteiger partial charge in [-0.15, -0.1) is 0 Å². The van der Waals surface area contributed by atoms with Gasteiger partial charge in [0.15, 0.2) is 16.7 Å². The molecule has 0 saturated carbocycles. The minimum Gasteiger partial charge on any atom is -0.493 e. The van der Waals surface area contributed by atoms with E-state index in [2.05, 4.69) is 6.92 Å². The van der Waals surface area contributed by atoms with Crippen LogP contribution in [0, 0.1) is 0 Å². The summed E-state index contributed by atoms with van der Waals surface area (Å²) in [5.41, 5.74) is 1.77. The molecular weight excluding hydrogens is 400 g/mol. The van der Waals surface area contributed by atoms with E-state index in [4.69, 9.17) is 19.2 Å². The summed E-state index contributed by atoms with van der Waals surface area (Å²) in [6.45, 7) is 4.57. The summed E-state index contributed by atoms with van der Waals surface area (Å²) >= 11 is 1.60. The molecule has 7 heteroatoms. The zero-order valence-corrected chi connectivity index (χ0v) is 18.7. The normalized spacial score (nSPS) is 17.3. The van der Waals surface area contributed by atoms with Gasteiger partial charge < -0.3 is 14.2 Å². The maximum Gasteiger partial charge on any atom is 0.229 e. The average molecular weight is 429 g/mol. The summed E-state index contributed by atoms with van der Waals surface area (Å²) in [5, 5.41) is 0.729. The SMILES string of the molecule is CCOc1ccccc1N=C1SCC(C)N1C(=O)CCc1ccc(OC)c(OC)c1. The van der Waals surface area contributed by atoms with Crippen molar-refractivity contribution in [1.82, 2.24) is 4.90 Å². The number of para-hydroxylation sites is 2. The number of hydrogen-bond acceptors (Lipinski definition) is 6. The monoisotopic (exact) mass is 428 g/mol. The summed E-state index contributed by atoms with van der Waals surface area (Å²) in [6.07, 6.45) is 1.02. The Balaban J connectivity index is 1.74. The number of nitrogens with zero attached hydrogens (tertiary/aromatic N) is 2. The zero-order valence-electron chi connectivity index (χ0n) is 17.9. The molecule has 1 aliphatic heterocycles. The first-order valence-corrected chi connectivity index (χ1v) is 11.0. The summed E-state index contributed by atoms with van der Waals surface area (Å²) in [4.78, 5) is 19.6. The Kier molecular flexibility index (Phi) is 7.63. The van der Waals surface area contributed by atoms with Gasteiger partial charge in [-0.2, -0.15) is 0 Å². The molecule has 30 heavy (non-hydrogen) atoms. The second-order valence-electron chi connectivity index (χ2n) is 6.91. The zero-order chi connectivity index (χ0) is 21.5. The van der Waals surface area contributed by atoms with E-state index in [0.717, 1.165) is 27.9 Å². The van der Waals surface area contributed by atoms with Crippen LogP contribution in [-0.2, 0) is 11.2 Å². The number of amides is 1. The quantitative estimate of drug-likeness (QED) is 0.611. The standard InChI is InChI=1S/C23H28N2O4S/c1-5-29-19-9-7-6-8-18(19)24-23-25(16(2)15-30-23)22(26)13-11-17-10-12-20(27-3)21(14-17)28-4/h6-10,12,14,16H,5,11,13,15H2,1-4H3. The molecule has 1 heterocycles. The molecule has 160 valence electrons. The van der Waals surface area contributed by atoms with Crippen molar-refractivity contribution in [2.45, 2.75) is 32.7 Å². The molecule has 1 aliphatic rings. The fourth-order valence-electron chi connectivity index (χ4n) is 3.30. The molecule has 3 rings (SSSR count). The fraction of sp³-hybridized carbons (Fsp3) is 0.391. The molecule has 0 N–H and O–H groups in total. The van der Waals surface area contributed by atoms with Gasteiger partial charge in [0, 0.05) is 18.2 Å². The molecule has 2 aromatic carbocycles. The number of aliphatic imine (C=N–C) groups is 1. The number of carbonyl (C=O) groups is 1. The smallest absolute Gasteiger partial charge is 0.229 e. The van der Waals surface area contributed by atoms with E-state index in [1.54, 1.807) is 26.0 Å². The van der Waals surface area contributed by atoms with E-state index in [9.17, 15) is 4.79 Å². The summed E-state index contributed by atoms with van der Waals surface area (Å²) < 4.78 is 16.3. The second kappa shape index (κ2) is 10.4. The van der Waals surface area contributed by atoms with Gasteiger partial charge in [0.25, 0.3) is 0 Å². The largest absolute Gasteiger partial charge is 0.493 e. The number of carbonyl (C=O) groups excluding carboxylic acids is 1. The molecule has 1 atom stereocenters. The van der Waals surface area contributed by atoms with Gasteiger partial charge in [0.1, 0.15) is 11.4 Å². The van der Waals surface area contributed by atoms with E-state index >= 15 is 0 Å². The minimum atomic E-state index is 0.0647. The molecule has 1 saturated heterocycles. The van der Waals surface area contributed by atoms with E-state index in [1.165, 1.54) is 0 Å². The number of aryl methyl sites for hydroxylation is 1. The number of thioether (sulfide) groups is 1. The lowest BCUT2D eigenvalue weighted by Crippen LogP contribution is -2.37. The van der Waals surface area contributed by atoms with E-state index in [0.29, 0.717) is 30.9 Å². The molecule has 1 amide bonds. The van der Waals surface area contributed by atoms with Crippen LogP contribution in [0.1, 0.15) is 25.8 Å². The Bertz CT molecular complexity index is 916. The predicted octanol–water partition coefficient (Wildman–Crippen LogP) is 4.69. The van der Waals surface area contributed by atoms with Crippen LogP contribution in [-0.4, -0.2) is 48.6 Å². The van der Waals surface area contributed by atoms with Crippen molar-refractivity contribution in [1.29, 1.82) is 0 Å². The van der Waals surface area contributed by atoms with Gasteiger partial charge in [0.05, 0.1) is 20.8 Å². The van der Waals surface area contributed by atoms with Gasteiger partial charge in [-0.1, -0.05) is 30.0 Å². The highest BCUT2D eigenvalue weighted by molar-refractivity contribution is 8.14.